The predicted molar refractivity (Wildman–Crippen MR) is 121 cm³/mol. The fraction of sp³-hybridized carbons (Fsp3) is 0.417. The van der Waals surface area contributed by atoms with Crippen molar-refractivity contribution in [3.05, 3.63) is 65.7 Å². The fourth-order valence-electron chi connectivity index (χ4n) is 2.93. The summed E-state index contributed by atoms with van der Waals surface area (Å²) in [5, 5.41) is 2.96. The molecule has 5 heteroatoms. The van der Waals surface area contributed by atoms with Gasteiger partial charge in [-0.1, -0.05) is 61.4 Å². The molecule has 0 bridgehead atoms. The summed E-state index contributed by atoms with van der Waals surface area (Å²) in [5.41, 5.74) is 2.21. The minimum atomic E-state index is -0.498. The molecule has 0 fully saturated rings. The average Bonchev–Trinajstić information content (AvgIpc) is 2.73. The maximum absolute atomic E-state index is 13.0. The van der Waals surface area contributed by atoms with Crippen LogP contribution >= 0.6 is 11.8 Å². The highest BCUT2D eigenvalue weighted by molar-refractivity contribution is 7.99. The van der Waals surface area contributed by atoms with Crippen LogP contribution < -0.4 is 5.32 Å². The topological polar surface area (TPSA) is 49.4 Å². The second kappa shape index (κ2) is 12.3. The van der Waals surface area contributed by atoms with Gasteiger partial charge in [0.2, 0.25) is 11.8 Å². The number of aryl methyl sites for hydroxylation is 1. The highest BCUT2D eigenvalue weighted by Crippen LogP contribution is 2.19. The van der Waals surface area contributed by atoms with Gasteiger partial charge < -0.3 is 10.2 Å². The number of benzene rings is 2. The number of carbonyl (C=O) groups is 2. The lowest BCUT2D eigenvalue weighted by molar-refractivity contribution is -0.140. The SMILES string of the molecule is CCCCNC(=O)[C@@H](C)N(Cc1ccc(C)cc1)C(=O)CCSc1ccccc1. The van der Waals surface area contributed by atoms with Crippen LogP contribution in [0.1, 0.15) is 44.2 Å². The van der Waals surface area contributed by atoms with E-state index in [2.05, 4.69) is 12.2 Å². The van der Waals surface area contributed by atoms with Crippen molar-refractivity contribution in [3.63, 3.8) is 0 Å². The molecule has 0 spiro atoms. The largest absolute Gasteiger partial charge is 0.354 e. The Kier molecular flexibility index (Phi) is 9.78. The van der Waals surface area contributed by atoms with Crippen molar-refractivity contribution in [2.45, 2.75) is 57.5 Å². The Bertz CT molecular complexity index is 762. The second-order valence-corrected chi connectivity index (χ2v) is 8.41. The van der Waals surface area contributed by atoms with Crippen LogP contribution in [0.5, 0.6) is 0 Å². The molecule has 2 aromatic rings. The highest BCUT2D eigenvalue weighted by atomic mass is 32.2. The van der Waals surface area contributed by atoms with E-state index in [0.717, 1.165) is 23.3 Å². The quantitative estimate of drug-likeness (QED) is 0.426. The Hall–Kier alpha value is -2.27. The monoisotopic (exact) mass is 412 g/mol. The molecule has 0 aliphatic rings. The van der Waals surface area contributed by atoms with E-state index < -0.39 is 6.04 Å². The van der Waals surface area contributed by atoms with Gasteiger partial charge in [0, 0.05) is 30.2 Å². The van der Waals surface area contributed by atoms with Crippen LogP contribution in [0.2, 0.25) is 0 Å². The van der Waals surface area contributed by atoms with Gasteiger partial charge in [-0.05, 0) is 38.0 Å². The number of hydrogen-bond acceptors (Lipinski definition) is 3. The van der Waals surface area contributed by atoms with E-state index in [4.69, 9.17) is 0 Å². The van der Waals surface area contributed by atoms with Crippen molar-refractivity contribution in [1.29, 1.82) is 0 Å². The molecule has 0 saturated heterocycles. The molecule has 0 aliphatic carbocycles. The number of unbranched alkanes of at least 4 members (excludes halogenated alkanes) is 1. The minimum Gasteiger partial charge on any atom is -0.354 e. The number of carbonyl (C=O) groups excluding carboxylic acids is 2. The smallest absolute Gasteiger partial charge is 0.242 e. The summed E-state index contributed by atoms with van der Waals surface area (Å²) in [5.74, 6) is 0.610. The van der Waals surface area contributed by atoms with Crippen molar-refractivity contribution >= 4 is 23.6 Å². The van der Waals surface area contributed by atoms with Crippen LogP contribution in [0.15, 0.2) is 59.5 Å². The third-order valence-electron chi connectivity index (χ3n) is 4.80. The van der Waals surface area contributed by atoms with Crippen LogP contribution in [-0.4, -0.2) is 35.1 Å². The van der Waals surface area contributed by atoms with E-state index in [1.54, 1.807) is 16.7 Å². The van der Waals surface area contributed by atoms with E-state index in [9.17, 15) is 9.59 Å². The van der Waals surface area contributed by atoms with Crippen LogP contribution in [0.3, 0.4) is 0 Å². The zero-order valence-electron chi connectivity index (χ0n) is 17.7. The Labute approximate surface area is 179 Å². The molecule has 4 nitrogen and oxygen atoms in total. The number of thioether (sulfide) groups is 1. The minimum absolute atomic E-state index is 0.00662. The summed E-state index contributed by atoms with van der Waals surface area (Å²) in [7, 11) is 0. The first kappa shape index (κ1) is 23.0. The summed E-state index contributed by atoms with van der Waals surface area (Å²) >= 11 is 1.66. The van der Waals surface area contributed by atoms with Crippen molar-refractivity contribution in [1.82, 2.24) is 10.2 Å². The van der Waals surface area contributed by atoms with Gasteiger partial charge in [0.1, 0.15) is 6.04 Å². The molecule has 156 valence electrons. The van der Waals surface area contributed by atoms with Gasteiger partial charge in [0.05, 0.1) is 0 Å². The number of nitrogens with one attached hydrogen (secondary N) is 1. The Morgan fingerprint density at radius 2 is 1.76 bits per heavy atom. The normalized spacial score (nSPS) is 11.7. The Morgan fingerprint density at radius 1 is 1.07 bits per heavy atom. The van der Waals surface area contributed by atoms with Crippen molar-refractivity contribution < 1.29 is 9.59 Å². The first-order valence-corrected chi connectivity index (χ1v) is 11.3. The van der Waals surface area contributed by atoms with E-state index in [-0.39, 0.29) is 11.8 Å². The Morgan fingerprint density at radius 3 is 2.41 bits per heavy atom. The lowest BCUT2D eigenvalue weighted by Crippen LogP contribution is -2.47. The van der Waals surface area contributed by atoms with Gasteiger partial charge in [-0.3, -0.25) is 9.59 Å². The molecule has 0 aromatic heterocycles. The number of amides is 2. The highest BCUT2D eigenvalue weighted by Gasteiger charge is 2.25. The van der Waals surface area contributed by atoms with Gasteiger partial charge in [-0.25, -0.2) is 0 Å². The summed E-state index contributed by atoms with van der Waals surface area (Å²) in [4.78, 5) is 28.5. The standard InChI is InChI=1S/C24H32N2O2S/c1-4-5-16-25-24(28)20(3)26(18-21-13-11-19(2)12-14-21)23(27)15-17-29-22-9-7-6-8-10-22/h6-14,20H,4-5,15-18H2,1-3H3,(H,25,28)/t20-/m1/s1. The molecule has 0 heterocycles. The zero-order chi connectivity index (χ0) is 21.1. The summed E-state index contributed by atoms with van der Waals surface area (Å²) in [6, 6.07) is 17.7. The van der Waals surface area contributed by atoms with Gasteiger partial charge in [0.25, 0.3) is 0 Å². The van der Waals surface area contributed by atoms with E-state index in [1.165, 1.54) is 5.56 Å². The number of nitrogens with zero attached hydrogens (tertiary/aromatic N) is 1. The lowest BCUT2D eigenvalue weighted by Gasteiger charge is -2.29. The third kappa shape index (κ3) is 7.94. The summed E-state index contributed by atoms with van der Waals surface area (Å²) < 4.78 is 0. The number of rotatable bonds is 11. The molecule has 2 amide bonds. The fourth-order valence-corrected chi connectivity index (χ4v) is 3.79. The van der Waals surface area contributed by atoms with Crippen LogP contribution in [0.4, 0.5) is 0 Å². The predicted octanol–water partition coefficient (Wildman–Crippen LogP) is 4.81. The second-order valence-electron chi connectivity index (χ2n) is 7.24. The molecule has 0 saturated carbocycles. The van der Waals surface area contributed by atoms with Crippen LogP contribution in [0.25, 0.3) is 0 Å². The summed E-state index contributed by atoms with van der Waals surface area (Å²) in [6.07, 6.45) is 2.37. The molecule has 0 unspecified atom stereocenters. The third-order valence-corrected chi connectivity index (χ3v) is 5.81. The van der Waals surface area contributed by atoms with Gasteiger partial charge >= 0.3 is 0 Å². The van der Waals surface area contributed by atoms with E-state index in [1.807, 2.05) is 68.4 Å². The van der Waals surface area contributed by atoms with E-state index in [0.29, 0.717) is 25.3 Å². The van der Waals surface area contributed by atoms with Gasteiger partial charge in [-0.15, -0.1) is 11.8 Å². The average molecular weight is 413 g/mol. The molecule has 1 N–H and O–H groups in total. The first-order valence-electron chi connectivity index (χ1n) is 10.3. The van der Waals surface area contributed by atoms with Crippen molar-refractivity contribution in [3.8, 4) is 0 Å². The molecule has 0 radical (unpaired) electrons. The Balaban J connectivity index is 2.02. The maximum Gasteiger partial charge on any atom is 0.242 e. The van der Waals surface area contributed by atoms with E-state index >= 15 is 0 Å². The van der Waals surface area contributed by atoms with Crippen LogP contribution in [-0.2, 0) is 16.1 Å². The first-order chi connectivity index (χ1) is 14.0. The lowest BCUT2D eigenvalue weighted by atomic mass is 10.1. The molecular weight excluding hydrogens is 380 g/mol. The van der Waals surface area contributed by atoms with Crippen molar-refractivity contribution in [2.24, 2.45) is 0 Å². The molecule has 2 aromatic carbocycles. The van der Waals surface area contributed by atoms with Crippen LogP contribution in [0, 0.1) is 6.92 Å². The summed E-state index contributed by atoms with van der Waals surface area (Å²) in [6.45, 7) is 7.04. The molecule has 0 aliphatic heterocycles. The molecule has 2 rings (SSSR count). The number of hydrogen-bond donors (Lipinski definition) is 1. The zero-order valence-corrected chi connectivity index (χ0v) is 18.5. The molecular formula is C24H32N2O2S. The van der Waals surface area contributed by atoms with Gasteiger partial charge in [0.15, 0.2) is 0 Å². The van der Waals surface area contributed by atoms with Crippen molar-refractivity contribution in [2.75, 3.05) is 12.3 Å². The maximum atomic E-state index is 13.0. The molecule has 29 heavy (non-hydrogen) atoms. The molecule has 1 atom stereocenters. The van der Waals surface area contributed by atoms with Gasteiger partial charge in [-0.2, -0.15) is 0 Å².